The molecule has 1 aromatic carbocycles. The maximum absolute atomic E-state index is 5.98. The van der Waals surface area contributed by atoms with Crippen molar-refractivity contribution >= 4 is 17.0 Å². The van der Waals surface area contributed by atoms with Crippen molar-refractivity contribution in [1.82, 2.24) is 19.7 Å². The second kappa shape index (κ2) is 4.97. The minimum Gasteiger partial charge on any atom is -0.493 e. The molecule has 0 spiro atoms. The van der Waals surface area contributed by atoms with Crippen LogP contribution in [-0.2, 0) is 6.54 Å². The van der Waals surface area contributed by atoms with Gasteiger partial charge in [0.2, 0.25) is 11.8 Å². The molecule has 2 aromatic heterocycles. The molecular formula is C13H15N5O3. The number of imidazole rings is 1. The van der Waals surface area contributed by atoms with Gasteiger partial charge in [0.15, 0.2) is 17.3 Å². The Morgan fingerprint density at radius 1 is 1.19 bits per heavy atom. The van der Waals surface area contributed by atoms with Crippen molar-refractivity contribution in [2.24, 2.45) is 0 Å². The summed E-state index contributed by atoms with van der Waals surface area (Å²) in [7, 11) is 3.16. The number of aryl methyl sites for hydroxylation is 1. The molecule has 0 aliphatic heterocycles. The van der Waals surface area contributed by atoms with Crippen molar-refractivity contribution in [3.8, 4) is 11.5 Å². The summed E-state index contributed by atoms with van der Waals surface area (Å²) >= 11 is 0. The van der Waals surface area contributed by atoms with Crippen LogP contribution in [0.5, 0.6) is 11.5 Å². The van der Waals surface area contributed by atoms with E-state index in [2.05, 4.69) is 15.1 Å². The number of nitrogen functional groups attached to an aromatic ring is 1. The summed E-state index contributed by atoms with van der Waals surface area (Å²) in [5.74, 6) is 2.61. The molecule has 0 amide bonds. The van der Waals surface area contributed by atoms with Crippen LogP contribution in [0, 0.1) is 6.92 Å². The number of rotatable bonds is 4. The highest BCUT2D eigenvalue weighted by molar-refractivity contribution is 5.82. The van der Waals surface area contributed by atoms with E-state index >= 15 is 0 Å². The Balaban J connectivity index is 2.11. The number of nitrogens with zero attached hydrogens (tertiary/aromatic N) is 4. The van der Waals surface area contributed by atoms with Crippen LogP contribution < -0.4 is 15.2 Å². The predicted octanol–water partition coefficient (Wildman–Crippen LogP) is 1.38. The molecule has 3 rings (SSSR count). The quantitative estimate of drug-likeness (QED) is 0.774. The Labute approximate surface area is 120 Å². The summed E-state index contributed by atoms with van der Waals surface area (Å²) in [4.78, 5) is 8.49. The number of methoxy groups -OCH3 is 2. The maximum atomic E-state index is 5.98. The molecule has 0 saturated heterocycles. The topological polar surface area (TPSA) is 101 Å². The highest BCUT2D eigenvalue weighted by Gasteiger charge is 2.15. The van der Waals surface area contributed by atoms with Crippen LogP contribution in [-0.4, -0.2) is 33.9 Å². The van der Waals surface area contributed by atoms with Crippen molar-refractivity contribution in [1.29, 1.82) is 0 Å². The first-order chi connectivity index (χ1) is 10.1. The van der Waals surface area contributed by atoms with Crippen molar-refractivity contribution in [3.05, 3.63) is 23.8 Å². The van der Waals surface area contributed by atoms with Gasteiger partial charge in [-0.3, -0.25) is 0 Å². The van der Waals surface area contributed by atoms with Gasteiger partial charge < -0.3 is 24.3 Å². The van der Waals surface area contributed by atoms with Crippen molar-refractivity contribution < 1.29 is 14.0 Å². The lowest BCUT2D eigenvalue weighted by molar-refractivity contribution is 0.355. The monoisotopic (exact) mass is 289 g/mol. The number of anilines is 1. The molecule has 0 fully saturated rings. The summed E-state index contributed by atoms with van der Waals surface area (Å²) in [6, 6.07) is 3.60. The summed E-state index contributed by atoms with van der Waals surface area (Å²) in [6.45, 7) is 2.11. The molecule has 0 unspecified atom stereocenters. The van der Waals surface area contributed by atoms with E-state index in [1.807, 2.05) is 6.07 Å². The van der Waals surface area contributed by atoms with Crippen LogP contribution in [0.1, 0.15) is 11.7 Å². The number of hydrogen-bond acceptors (Lipinski definition) is 7. The van der Waals surface area contributed by atoms with Gasteiger partial charge >= 0.3 is 0 Å². The van der Waals surface area contributed by atoms with Gasteiger partial charge in [0, 0.05) is 19.1 Å². The molecular weight excluding hydrogens is 274 g/mol. The summed E-state index contributed by atoms with van der Waals surface area (Å²) in [6.07, 6.45) is 0. The van der Waals surface area contributed by atoms with E-state index in [0.29, 0.717) is 41.2 Å². The lowest BCUT2D eigenvalue weighted by Gasteiger charge is -2.08. The SMILES string of the molecule is COc1cc2nc(N)n(Cc3noc(C)n3)c2cc1OC. The highest BCUT2D eigenvalue weighted by Crippen LogP contribution is 2.33. The fourth-order valence-electron chi connectivity index (χ4n) is 2.18. The van der Waals surface area contributed by atoms with Crippen molar-refractivity contribution in [2.75, 3.05) is 20.0 Å². The van der Waals surface area contributed by atoms with Gasteiger partial charge in [0.05, 0.1) is 31.8 Å². The van der Waals surface area contributed by atoms with E-state index in [9.17, 15) is 0 Å². The molecule has 3 aromatic rings. The molecule has 8 heteroatoms. The Morgan fingerprint density at radius 2 is 1.90 bits per heavy atom. The largest absolute Gasteiger partial charge is 0.493 e. The van der Waals surface area contributed by atoms with Gasteiger partial charge in [0.1, 0.15) is 0 Å². The van der Waals surface area contributed by atoms with E-state index in [0.717, 1.165) is 5.52 Å². The number of aromatic nitrogens is 4. The number of benzene rings is 1. The average molecular weight is 289 g/mol. The number of ether oxygens (including phenoxy) is 2. The molecule has 2 N–H and O–H groups in total. The Kier molecular flexibility index (Phi) is 3.13. The minimum atomic E-state index is 0.364. The number of nitrogens with two attached hydrogens (primary N) is 1. The lowest BCUT2D eigenvalue weighted by atomic mass is 10.2. The van der Waals surface area contributed by atoms with Crippen LogP contribution in [0.3, 0.4) is 0 Å². The normalized spacial score (nSPS) is 11.0. The molecule has 0 radical (unpaired) electrons. The van der Waals surface area contributed by atoms with Gasteiger partial charge in [0.25, 0.3) is 0 Å². The fourth-order valence-corrected chi connectivity index (χ4v) is 2.18. The maximum Gasteiger partial charge on any atom is 0.223 e. The van der Waals surface area contributed by atoms with Crippen molar-refractivity contribution in [3.63, 3.8) is 0 Å². The van der Waals surface area contributed by atoms with Crippen LogP contribution in [0.15, 0.2) is 16.7 Å². The molecule has 21 heavy (non-hydrogen) atoms. The summed E-state index contributed by atoms with van der Waals surface area (Å²) in [5.41, 5.74) is 7.50. The smallest absolute Gasteiger partial charge is 0.223 e. The van der Waals surface area contributed by atoms with E-state index < -0.39 is 0 Å². The third-order valence-corrected chi connectivity index (χ3v) is 3.15. The zero-order chi connectivity index (χ0) is 15.0. The zero-order valence-electron chi connectivity index (χ0n) is 12.0. The summed E-state index contributed by atoms with van der Waals surface area (Å²) < 4.78 is 17.3. The Hall–Kier alpha value is -2.77. The van der Waals surface area contributed by atoms with E-state index in [4.69, 9.17) is 19.7 Å². The molecule has 8 nitrogen and oxygen atoms in total. The first-order valence-electron chi connectivity index (χ1n) is 6.29. The second-order valence-electron chi connectivity index (χ2n) is 4.48. The number of fused-ring (bicyclic) bond motifs is 1. The van der Waals surface area contributed by atoms with Crippen LogP contribution in [0.2, 0.25) is 0 Å². The molecule has 0 bridgehead atoms. The highest BCUT2D eigenvalue weighted by atomic mass is 16.5. The average Bonchev–Trinajstić information content (AvgIpc) is 3.02. The Bertz CT molecular complexity index is 793. The second-order valence-corrected chi connectivity index (χ2v) is 4.48. The van der Waals surface area contributed by atoms with Crippen LogP contribution >= 0.6 is 0 Å². The van der Waals surface area contributed by atoms with Gasteiger partial charge in [-0.2, -0.15) is 4.98 Å². The van der Waals surface area contributed by atoms with E-state index in [1.165, 1.54) is 0 Å². The molecule has 0 aliphatic rings. The van der Waals surface area contributed by atoms with E-state index in [1.54, 1.807) is 31.8 Å². The van der Waals surface area contributed by atoms with E-state index in [-0.39, 0.29) is 0 Å². The minimum absolute atomic E-state index is 0.364. The number of hydrogen-bond donors (Lipinski definition) is 1. The Morgan fingerprint density at radius 3 is 2.52 bits per heavy atom. The van der Waals surface area contributed by atoms with Crippen molar-refractivity contribution in [2.45, 2.75) is 13.5 Å². The lowest BCUT2D eigenvalue weighted by Crippen LogP contribution is -2.06. The van der Waals surface area contributed by atoms with Crippen LogP contribution in [0.25, 0.3) is 11.0 Å². The third kappa shape index (κ3) is 2.24. The first-order valence-corrected chi connectivity index (χ1v) is 6.29. The fraction of sp³-hybridized carbons (Fsp3) is 0.308. The molecule has 0 saturated carbocycles. The zero-order valence-corrected chi connectivity index (χ0v) is 12.0. The molecule has 0 aliphatic carbocycles. The predicted molar refractivity (Wildman–Crippen MR) is 75.4 cm³/mol. The van der Waals surface area contributed by atoms with Gasteiger partial charge in [-0.15, -0.1) is 0 Å². The van der Waals surface area contributed by atoms with Gasteiger partial charge in [-0.25, -0.2) is 4.98 Å². The summed E-state index contributed by atoms with van der Waals surface area (Å²) in [5, 5.41) is 3.87. The molecule has 0 atom stereocenters. The van der Waals surface area contributed by atoms with Gasteiger partial charge in [-0.05, 0) is 0 Å². The third-order valence-electron chi connectivity index (χ3n) is 3.15. The first kappa shape index (κ1) is 13.2. The van der Waals surface area contributed by atoms with Crippen LogP contribution in [0.4, 0.5) is 5.95 Å². The molecule has 2 heterocycles. The standard InChI is InChI=1S/C13H15N5O3/c1-7-15-12(17-21-7)6-18-9-5-11(20-3)10(19-2)4-8(9)16-13(18)14/h4-5H,6H2,1-3H3,(H2,14,16). The molecule has 110 valence electrons. The van der Waals surface area contributed by atoms with Gasteiger partial charge in [-0.1, -0.05) is 5.16 Å².